The van der Waals surface area contributed by atoms with Crippen molar-refractivity contribution in [3.63, 3.8) is 0 Å². The number of carbonyl (C=O) groups is 2. The fourth-order valence-electron chi connectivity index (χ4n) is 4.03. The van der Waals surface area contributed by atoms with Gasteiger partial charge in [-0.2, -0.15) is 0 Å². The molecule has 0 aliphatic heterocycles. The van der Waals surface area contributed by atoms with Crippen molar-refractivity contribution in [1.29, 1.82) is 0 Å². The molecule has 8 nitrogen and oxygen atoms in total. The average molecular weight is 586 g/mol. The van der Waals surface area contributed by atoms with Crippen LogP contribution in [0.3, 0.4) is 0 Å². The Bertz CT molecular complexity index is 1420. The Kier molecular flexibility index (Phi) is 10.6. The highest BCUT2D eigenvalue weighted by molar-refractivity contribution is 7.92. The lowest BCUT2D eigenvalue weighted by molar-refractivity contribution is -0.139. The van der Waals surface area contributed by atoms with Gasteiger partial charge in [0.15, 0.2) is 0 Å². The maximum Gasteiger partial charge on any atom is 0.264 e. The zero-order chi connectivity index (χ0) is 29.4. The lowest BCUT2D eigenvalue weighted by atomic mass is 10.1. The van der Waals surface area contributed by atoms with E-state index >= 15 is 0 Å². The number of rotatable bonds is 12. The van der Waals surface area contributed by atoms with Gasteiger partial charge in [0.2, 0.25) is 11.8 Å². The van der Waals surface area contributed by atoms with E-state index in [4.69, 9.17) is 16.3 Å². The van der Waals surface area contributed by atoms with Gasteiger partial charge in [-0.15, -0.1) is 0 Å². The van der Waals surface area contributed by atoms with Crippen LogP contribution in [0, 0.1) is 6.92 Å². The number of nitrogens with zero attached hydrogens (tertiary/aromatic N) is 2. The number of sulfonamides is 1. The molecule has 0 fully saturated rings. The van der Waals surface area contributed by atoms with Crippen LogP contribution in [0.15, 0.2) is 77.7 Å². The molecule has 214 valence electrons. The Hall–Kier alpha value is -3.56. The summed E-state index contributed by atoms with van der Waals surface area (Å²) in [6.07, 6.45) is 0.724. The Labute approximate surface area is 241 Å². The number of ether oxygens (including phenoxy) is 1. The van der Waals surface area contributed by atoms with Crippen LogP contribution < -0.4 is 14.4 Å². The summed E-state index contributed by atoms with van der Waals surface area (Å²) in [6.45, 7) is 6.96. The smallest absolute Gasteiger partial charge is 0.264 e. The first-order chi connectivity index (χ1) is 19.0. The molecule has 10 heteroatoms. The second-order valence-corrected chi connectivity index (χ2v) is 11.9. The third-order valence-corrected chi connectivity index (χ3v) is 8.67. The summed E-state index contributed by atoms with van der Waals surface area (Å²) >= 11 is 6.26. The summed E-state index contributed by atoms with van der Waals surface area (Å²) < 4.78 is 34.3. The van der Waals surface area contributed by atoms with Gasteiger partial charge in [0.05, 0.1) is 17.7 Å². The van der Waals surface area contributed by atoms with E-state index in [1.165, 1.54) is 30.2 Å². The van der Waals surface area contributed by atoms with Crippen molar-refractivity contribution in [2.24, 2.45) is 0 Å². The number of anilines is 1. The molecule has 0 saturated carbocycles. The topological polar surface area (TPSA) is 96.0 Å². The third-order valence-electron chi connectivity index (χ3n) is 6.66. The van der Waals surface area contributed by atoms with Crippen molar-refractivity contribution in [1.82, 2.24) is 10.2 Å². The lowest BCUT2D eigenvalue weighted by Gasteiger charge is -2.33. The summed E-state index contributed by atoms with van der Waals surface area (Å²) in [4.78, 5) is 28.6. The summed E-state index contributed by atoms with van der Waals surface area (Å²) in [5, 5.41) is 3.20. The van der Waals surface area contributed by atoms with E-state index in [9.17, 15) is 18.0 Å². The largest absolute Gasteiger partial charge is 0.495 e. The first-order valence-electron chi connectivity index (χ1n) is 13.0. The minimum atomic E-state index is -4.23. The van der Waals surface area contributed by atoms with E-state index in [0.29, 0.717) is 0 Å². The van der Waals surface area contributed by atoms with Crippen LogP contribution in [0.25, 0.3) is 0 Å². The van der Waals surface area contributed by atoms with E-state index < -0.39 is 28.5 Å². The fraction of sp³-hybridized carbons (Fsp3) is 0.333. The Morgan fingerprint density at radius 3 is 2.25 bits per heavy atom. The van der Waals surface area contributed by atoms with E-state index in [1.807, 2.05) is 45.0 Å². The van der Waals surface area contributed by atoms with Gasteiger partial charge in [0.25, 0.3) is 10.0 Å². The molecule has 2 unspecified atom stereocenters. The van der Waals surface area contributed by atoms with Crippen molar-refractivity contribution >= 4 is 39.1 Å². The highest BCUT2D eigenvalue weighted by atomic mass is 35.5. The van der Waals surface area contributed by atoms with Gasteiger partial charge in [0, 0.05) is 17.6 Å². The van der Waals surface area contributed by atoms with Crippen LogP contribution in [-0.2, 0) is 26.2 Å². The summed E-state index contributed by atoms with van der Waals surface area (Å²) in [6, 6.07) is 19.0. The van der Waals surface area contributed by atoms with Crippen molar-refractivity contribution in [2.75, 3.05) is 18.0 Å². The molecule has 3 aromatic rings. The normalized spacial score (nSPS) is 12.8. The molecule has 40 heavy (non-hydrogen) atoms. The number of amides is 2. The molecule has 2 atom stereocenters. The standard InChI is InChI=1S/C30H36ClN3O5S/c1-6-22(3)32-30(36)23(4)33(19-24-14-12-21(2)13-15-24)29(35)20-34(27-18-25(31)16-17-28(27)39-5)40(37,38)26-10-8-7-9-11-26/h7-18,22-23H,6,19-20H2,1-5H3,(H,32,36). The summed E-state index contributed by atoms with van der Waals surface area (Å²) in [7, 11) is -2.82. The monoisotopic (exact) mass is 585 g/mol. The second-order valence-electron chi connectivity index (χ2n) is 9.64. The molecule has 0 aliphatic carbocycles. The fourth-order valence-corrected chi connectivity index (χ4v) is 5.63. The van der Waals surface area contributed by atoms with Gasteiger partial charge in [-0.1, -0.05) is 66.6 Å². The maximum absolute atomic E-state index is 14.0. The number of methoxy groups -OCH3 is 1. The van der Waals surface area contributed by atoms with Crippen molar-refractivity contribution < 1.29 is 22.7 Å². The van der Waals surface area contributed by atoms with Crippen LogP contribution in [0.5, 0.6) is 5.75 Å². The molecule has 3 rings (SSSR count). The number of aryl methyl sites for hydroxylation is 1. The first-order valence-corrected chi connectivity index (χ1v) is 14.9. The molecule has 0 bridgehead atoms. The third kappa shape index (κ3) is 7.55. The average Bonchev–Trinajstić information content (AvgIpc) is 2.95. The van der Waals surface area contributed by atoms with Gasteiger partial charge in [0.1, 0.15) is 18.3 Å². The molecule has 0 radical (unpaired) electrons. The molecule has 0 aromatic heterocycles. The highest BCUT2D eigenvalue weighted by Crippen LogP contribution is 2.35. The van der Waals surface area contributed by atoms with Gasteiger partial charge in [-0.05, 0) is 63.1 Å². The predicted molar refractivity (Wildman–Crippen MR) is 158 cm³/mol. The predicted octanol–water partition coefficient (Wildman–Crippen LogP) is 5.18. The van der Waals surface area contributed by atoms with Gasteiger partial charge in [-0.3, -0.25) is 13.9 Å². The first kappa shape index (κ1) is 31.0. The summed E-state index contributed by atoms with van der Waals surface area (Å²) in [5.41, 5.74) is 1.97. The number of halogens is 1. The van der Waals surface area contributed by atoms with E-state index in [1.54, 1.807) is 37.3 Å². The van der Waals surface area contributed by atoms with Crippen LogP contribution in [0.1, 0.15) is 38.3 Å². The second kappa shape index (κ2) is 13.7. The highest BCUT2D eigenvalue weighted by Gasteiger charge is 2.34. The number of nitrogens with one attached hydrogen (secondary N) is 1. The Morgan fingerprint density at radius 2 is 1.65 bits per heavy atom. The number of carbonyl (C=O) groups excluding carboxylic acids is 2. The molecule has 0 saturated heterocycles. The molecule has 0 spiro atoms. The van der Waals surface area contributed by atoms with E-state index in [0.717, 1.165) is 21.9 Å². The molecule has 1 N–H and O–H groups in total. The van der Waals surface area contributed by atoms with Crippen molar-refractivity contribution in [3.8, 4) is 5.75 Å². The van der Waals surface area contributed by atoms with Crippen molar-refractivity contribution in [2.45, 2.75) is 57.6 Å². The van der Waals surface area contributed by atoms with E-state index in [2.05, 4.69) is 5.32 Å². The van der Waals surface area contributed by atoms with Crippen molar-refractivity contribution in [3.05, 3.63) is 88.9 Å². The van der Waals surface area contributed by atoms with Crippen LogP contribution >= 0.6 is 11.6 Å². The maximum atomic E-state index is 14.0. The molecular weight excluding hydrogens is 550 g/mol. The molecular formula is C30H36ClN3O5S. The van der Waals surface area contributed by atoms with Crippen LogP contribution in [0.4, 0.5) is 5.69 Å². The van der Waals surface area contributed by atoms with Crippen LogP contribution in [-0.4, -0.2) is 50.9 Å². The quantitative estimate of drug-likeness (QED) is 0.316. The number of benzene rings is 3. The SMILES string of the molecule is CCC(C)NC(=O)C(C)N(Cc1ccc(C)cc1)C(=O)CN(c1cc(Cl)ccc1OC)S(=O)(=O)c1ccccc1. The number of hydrogen-bond donors (Lipinski definition) is 1. The molecule has 2 amide bonds. The molecule has 3 aromatic carbocycles. The zero-order valence-corrected chi connectivity index (χ0v) is 25.0. The van der Waals surface area contributed by atoms with E-state index in [-0.39, 0.29) is 39.8 Å². The van der Waals surface area contributed by atoms with Gasteiger partial charge >= 0.3 is 0 Å². The Morgan fingerprint density at radius 1 is 1.00 bits per heavy atom. The minimum absolute atomic E-state index is 0.00234. The Balaban J connectivity index is 2.08. The number of hydrogen-bond acceptors (Lipinski definition) is 5. The van der Waals surface area contributed by atoms with Gasteiger partial charge < -0.3 is 15.0 Å². The molecule has 0 aliphatic rings. The van der Waals surface area contributed by atoms with Gasteiger partial charge in [-0.25, -0.2) is 8.42 Å². The summed E-state index contributed by atoms with van der Waals surface area (Å²) in [5.74, 6) is -0.661. The lowest BCUT2D eigenvalue weighted by Crippen LogP contribution is -2.52. The van der Waals surface area contributed by atoms with Crippen LogP contribution in [0.2, 0.25) is 5.02 Å². The minimum Gasteiger partial charge on any atom is -0.495 e. The molecule has 0 heterocycles. The zero-order valence-electron chi connectivity index (χ0n) is 23.4.